The number of aromatic nitrogens is 3. The molecule has 3 atom stereocenters. The van der Waals surface area contributed by atoms with Gasteiger partial charge in [-0.2, -0.15) is 41.3 Å². The first-order valence-electron chi connectivity index (χ1n) is 8.88. The smallest absolute Gasteiger partial charge is 0.343 e. The molecule has 2 N–H and O–H groups in total. The van der Waals surface area contributed by atoms with E-state index in [9.17, 15) is 30.7 Å². The van der Waals surface area contributed by atoms with E-state index < -0.39 is 42.0 Å². The Hall–Kier alpha value is -2.32. The van der Waals surface area contributed by atoms with Crippen LogP contribution in [0.5, 0.6) is 0 Å². The van der Waals surface area contributed by atoms with E-state index in [1.807, 2.05) is 10.6 Å². The summed E-state index contributed by atoms with van der Waals surface area (Å²) in [5.41, 5.74) is -1.22. The summed E-state index contributed by atoms with van der Waals surface area (Å²) < 4.78 is 90.6. The summed E-state index contributed by atoms with van der Waals surface area (Å²) in [4.78, 5) is 11.1. The first-order valence-corrected chi connectivity index (χ1v) is 8.88. The molecule has 12 heteroatoms. The Morgan fingerprint density at radius 3 is 1.76 bits per heavy atom. The lowest BCUT2D eigenvalue weighted by molar-refractivity contribution is -0.139. The van der Waals surface area contributed by atoms with Crippen LogP contribution in [0.25, 0.3) is 0 Å². The van der Waals surface area contributed by atoms with Crippen LogP contribution < -0.4 is 10.6 Å². The highest BCUT2D eigenvalue weighted by Gasteiger charge is 2.56. The molecule has 2 bridgehead atoms. The molecule has 29 heavy (non-hydrogen) atoms. The van der Waals surface area contributed by atoms with E-state index in [1.165, 1.54) is 0 Å². The zero-order chi connectivity index (χ0) is 21.6. The molecule has 1 heterocycles. The van der Waals surface area contributed by atoms with Crippen molar-refractivity contribution in [2.24, 2.45) is 11.8 Å². The molecule has 4 rings (SSSR count). The summed E-state index contributed by atoms with van der Waals surface area (Å²) in [7, 11) is 0. The highest BCUT2D eigenvalue weighted by atomic mass is 19.4. The van der Waals surface area contributed by atoms with E-state index in [2.05, 4.69) is 26.8 Å². The maximum Gasteiger partial charge on any atom is 0.408 e. The van der Waals surface area contributed by atoms with Crippen LogP contribution >= 0.6 is 0 Å². The van der Waals surface area contributed by atoms with Crippen molar-refractivity contribution >= 4 is 11.9 Å². The van der Waals surface area contributed by atoms with Gasteiger partial charge in [0.1, 0.15) is 17.8 Å². The van der Waals surface area contributed by atoms with Crippen molar-refractivity contribution in [3.05, 3.63) is 5.82 Å². The Morgan fingerprint density at radius 2 is 1.38 bits per heavy atom. The number of alkyl halides is 7. The predicted octanol–water partition coefficient (Wildman–Crippen LogP) is 4.09. The van der Waals surface area contributed by atoms with Crippen LogP contribution in [-0.2, 0) is 0 Å². The van der Waals surface area contributed by atoms with E-state index in [4.69, 9.17) is 0 Å². The molecule has 3 saturated carbocycles. The second kappa shape index (κ2) is 7.18. The zero-order valence-corrected chi connectivity index (χ0v) is 15.4. The van der Waals surface area contributed by atoms with E-state index in [0.29, 0.717) is 12.8 Å². The summed E-state index contributed by atoms with van der Waals surface area (Å²) >= 11 is 0. The lowest BCUT2D eigenvalue weighted by atomic mass is 9.80. The van der Waals surface area contributed by atoms with Gasteiger partial charge in [-0.3, -0.25) is 0 Å². The minimum atomic E-state index is -4.62. The fourth-order valence-corrected chi connectivity index (χ4v) is 3.33. The van der Waals surface area contributed by atoms with Gasteiger partial charge in [0.25, 0.3) is 0 Å². The Kier molecular flexibility index (Phi) is 5.29. The fraction of sp³-hybridized carbons (Fsp3) is 0.706. The van der Waals surface area contributed by atoms with Gasteiger partial charge < -0.3 is 10.6 Å². The van der Waals surface area contributed by atoms with Crippen molar-refractivity contribution < 1.29 is 30.7 Å². The van der Waals surface area contributed by atoms with Crippen molar-refractivity contribution in [3.8, 4) is 11.8 Å². The van der Waals surface area contributed by atoms with Crippen LogP contribution in [0.3, 0.4) is 0 Å². The molecule has 3 fully saturated rings. The number of nitrogens with zero attached hydrogens (tertiary/aromatic N) is 3. The fourth-order valence-electron chi connectivity index (χ4n) is 3.33. The number of fused-ring (bicyclic) bond motifs is 1. The van der Waals surface area contributed by atoms with Gasteiger partial charge in [-0.05, 0) is 44.9 Å². The molecule has 0 unspecified atom stereocenters. The number of rotatable bonds is 4. The van der Waals surface area contributed by atoms with Gasteiger partial charge in [-0.25, -0.2) is 4.39 Å². The number of halogens is 7. The van der Waals surface area contributed by atoms with Crippen molar-refractivity contribution in [2.75, 3.05) is 10.6 Å². The lowest BCUT2D eigenvalue weighted by Crippen LogP contribution is -2.35. The average Bonchev–Trinajstić information content (AvgIpc) is 3.03. The monoisotopic (exact) mass is 425 g/mol. The normalized spacial score (nSPS) is 28.0. The molecule has 0 radical (unpaired) electrons. The van der Waals surface area contributed by atoms with Gasteiger partial charge in [0.2, 0.25) is 17.7 Å². The lowest BCUT2D eigenvalue weighted by Gasteiger charge is -2.29. The van der Waals surface area contributed by atoms with Crippen LogP contribution in [-0.4, -0.2) is 45.1 Å². The number of hydrogen-bond donors (Lipinski definition) is 2. The van der Waals surface area contributed by atoms with E-state index in [-0.39, 0.29) is 24.1 Å². The molecule has 0 aromatic carbocycles. The molecule has 3 aliphatic rings. The van der Waals surface area contributed by atoms with E-state index in [1.54, 1.807) is 0 Å². The first-order chi connectivity index (χ1) is 13.2. The first kappa shape index (κ1) is 21.4. The molecule has 160 valence electrons. The highest BCUT2D eigenvalue weighted by Crippen LogP contribution is 2.57. The average molecular weight is 425 g/mol. The number of nitrogens with one attached hydrogen (secondary N) is 2. The van der Waals surface area contributed by atoms with Crippen LogP contribution in [0.4, 0.5) is 42.6 Å². The maximum absolute atomic E-state index is 13.9. The molecule has 5 nitrogen and oxygen atoms in total. The third kappa shape index (κ3) is 5.00. The second-order valence-electron chi connectivity index (χ2n) is 7.52. The SMILES string of the molecule is C[C@@H](Nc1nc(C#C[C@@H]2CC3(F)CC2C3)nc(N[C@H](C)C(F)(F)F)n1)C(F)(F)F. The molecular formula is C17H18F7N5. The Bertz CT molecular complexity index is 780. The van der Waals surface area contributed by atoms with Gasteiger partial charge in [0.05, 0.1) is 0 Å². The highest BCUT2D eigenvalue weighted by molar-refractivity contribution is 5.40. The molecular weight excluding hydrogens is 407 g/mol. The van der Waals surface area contributed by atoms with Crippen LogP contribution in [0.2, 0.25) is 0 Å². The van der Waals surface area contributed by atoms with Crippen molar-refractivity contribution in [3.63, 3.8) is 0 Å². The summed E-state index contributed by atoms with van der Waals surface area (Å²) in [5, 5.41) is 3.98. The van der Waals surface area contributed by atoms with Crippen molar-refractivity contribution in [2.45, 2.75) is 63.2 Å². The van der Waals surface area contributed by atoms with Crippen LogP contribution in [0.15, 0.2) is 0 Å². The number of anilines is 2. The van der Waals surface area contributed by atoms with Crippen LogP contribution in [0, 0.1) is 23.7 Å². The van der Waals surface area contributed by atoms with Gasteiger partial charge in [-0.1, -0.05) is 5.92 Å². The van der Waals surface area contributed by atoms with E-state index >= 15 is 0 Å². The van der Waals surface area contributed by atoms with Gasteiger partial charge >= 0.3 is 12.4 Å². The Morgan fingerprint density at radius 1 is 0.897 bits per heavy atom. The van der Waals surface area contributed by atoms with E-state index in [0.717, 1.165) is 13.8 Å². The Balaban J connectivity index is 1.84. The summed E-state index contributed by atoms with van der Waals surface area (Å²) in [5.74, 6) is 3.76. The maximum atomic E-state index is 13.9. The summed E-state index contributed by atoms with van der Waals surface area (Å²) in [6.07, 6.45) is -8.16. The molecule has 3 aliphatic carbocycles. The molecule has 0 spiro atoms. The quantitative estimate of drug-likeness (QED) is 0.562. The predicted molar refractivity (Wildman–Crippen MR) is 89.7 cm³/mol. The van der Waals surface area contributed by atoms with Crippen molar-refractivity contribution in [1.29, 1.82) is 0 Å². The minimum absolute atomic E-state index is 0.0973. The topological polar surface area (TPSA) is 62.7 Å². The largest absolute Gasteiger partial charge is 0.408 e. The standard InChI is InChI=1S/C17H18F7N5/c1-8(16(19,20)21)25-13-27-12(4-3-10-5-15(18)6-11(10)7-15)28-14(29-13)26-9(2)17(22,23)24/h8-11H,5-7H2,1-2H3,(H2,25,26,27,28,29)/t8-,9-,10-,11?,15?/m1/s1. The summed E-state index contributed by atoms with van der Waals surface area (Å²) in [6.45, 7) is 1.63. The van der Waals surface area contributed by atoms with Gasteiger partial charge in [0, 0.05) is 5.92 Å². The molecule has 1 aromatic rings. The van der Waals surface area contributed by atoms with Gasteiger partial charge in [0.15, 0.2) is 0 Å². The number of hydrogen-bond acceptors (Lipinski definition) is 5. The summed E-state index contributed by atoms with van der Waals surface area (Å²) in [6, 6.07) is -4.10. The third-order valence-corrected chi connectivity index (χ3v) is 5.09. The van der Waals surface area contributed by atoms with Crippen LogP contribution in [0.1, 0.15) is 38.9 Å². The van der Waals surface area contributed by atoms with Crippen molar-refractivity contribution in [1.82, 2.24) is 15.0 Å². The second-order valence-corrected chi connectivity index (χ2v) is 7.52. The zero-order valence-electron chi connectivity index (χ0n) is 15.4. The molecule has 0 saturated heterocycles. The minimum Gasteiger partial charge on any atom is -0.343 e. The Labute approximate surface area is 161 Å². The third-order valence-electron chi connectivity index (χ3n) is 5.09. The molecule has 0 amide bonds. The molecule has 1 aromatic heterocycles. The molecule has 0 aliphatic heterocycles. The van der Waals surface area contributed by atoms with Gasteiger partial charge in [-0.15, -0.1) is 0 Å².